The molecule has 0 radical (unpaired) electrons. The number of fused-ring (bicyclic) bond motifs is 1. The van der Waals surface area contributed by atoms with Crippen molar-refractivity contribution in [1.29, 1.82) is 0 Å². The van der Waals surface area contributed by atoms with Gasteiger partial charge >= 0.3 is 0 Å². The summed E-state index contributed by atoms with van der Waals surface area (Å²) in [7, 11) is -3.91. The molecule has 1 aliphatic rings. The van der Waals surface area contributed by atoms with Crippen LogP contribution >= 0.6 is 0 Å². The van der Waals surface area contributed by atoms with E-state index in [0.29, 0.717) is 23.9 Å². The summed E-state index contributed by atoms with van der Waals surface area (Å²) >= 11 is 0. The SMILES string of the molecule is O=C(CC[C@H]1CCCO1)NS(=O)(=O)c1cccc2ncccc12. The van der Waals surface area contributed by atoms with Crippen LogP contribution in [0.1, 0.15) is 25.7 Å². The molecule has 1 amide bonds. The lowest BCUT2D eigenvalue weighted by atomic mass is 10.1. The Bertz CT molecular complexity index is 808. The van der Waals surface area contributed by atoms with Gasteiger partial charge in [0, 0.05) is 24.6 Å². The zero-order chi connectivity index (χ0) is 16.3. The van der Waals surface area contributed by atoms with Crippen molar-refractivity contribution in [2.24, 2.45) is 0 Å². The molecule has 1 fully saturated rings. The number of benzene rings is 1. The molecule has 1 aromatic heterocycles. The van der Waals surface area contributed by atoms with Crippen molar-refractivity contribution in [3.8, 4) is 0 Å². The number of amides is 1. The van der Waals surface area contributed by atoms with E-state index < -0.39 is 15.9 Å². The standard InChI is InChI=1S/C16H18N2O4S/c19-16(9-8-12-4-3-11-22-12)18-23(20,21)15-7-1-6-14-13(15)5-2-10-17-14/h1-2,5-7,10,12H,3-4,8-9,11H2,(H,18,19)/t12-/m1/s1. The molecule has 0 spiro atoms. The van der Waals surface area contributed by atoms with E-state index in [9.17, 15) is 13.2 Å². The Morgan fingerprint density at radius 1 is 1.30 bits per heavy atom. The summed E-state index contributed by atoms with van der Waals surface area (Å²) in [5.41, 5.74) is 0.571. The second-order valence-electron chi connectivity index (χ2n) is 5.53. The van der Waals surface area contributed by atoms with Gasteiger partial charge in [-0.1, -0.05) is 6.07 Å². The van der Waals surface area contributed by atoms with Gasteiger partial charge < -0.3 is 4.74 Å². The quantitative estimate of drug-likeness (QED) is 0.904. The highest BCUT2D eigenvalue weighted by Crippen LogP contribution is 2.21. The number of rotatable bonds is 5. The van der Waals surface area contributed by atoms with Crippen LogP contribution in [0.4, 0.5) is 0 Å². The van der Waals surface area contributed by atoms with Gasteiger partial charge in [0.1, 0.15) is 0 Å². The van der Waals surface area contributed by atoms with Gasteiger partial charge in [0.05, 0.1) is 16.5 Å². The second kappa shape index (κ2) is 6.64. The molecule has 6 nitrogen and oxygen atoms in total. The number of nitrogens with one attached hydrogen (secondary N) is 1. The fourth-order valence-corrected chi connectivity index (χ4v) is 3.96. The van der Waals surface area contributed by atoms with E-state index in [4.69, 9.17) is 4.74 Å². The molecule has 1 saturated heterocycles. The third kappa shape index (κ3) is 3.68. The maximum absolute atomic E-state index is 12.5. The smallest absolute Gasteiger partial charge is 0.264 e. The average Bonchev–Trinajstić information content (AvgIpc) is 3.05. The monoisotopic (exact) mass is 334 g/mol. The molecular formula is C16H18N2O4S. The number of aromatic nitrogens is 1. The predicted octanol–water partition coefficient (Wildman–Crippen LogP) is 2.00. The van der Waals surface area contributed by atoms with E-state index in [2.05, 4.69) is 9.71 Å². The number of carbonyl (C=O) groups is 1. The maximum atomic E-state index is 12.5. The molecule has 1 aromatic carbocycles. The average molecular weight is 334 g/mol. The minimum Gasteiger partial charge on any atom is -0.378 e. The van der Waals surface area contributed by atoms with Crippen LogP contribution in [0.2, 0.25) is 0 Å². The molecule has 2 aromatic rings. The number of hydrogen-bond acceptors (Lipinski definition) is 5. The molecule has 0 bridgehead atoms. The van der Waals surface area contributed by atoms with Gasteiger partial charge in [0.25, 0.3) is 10.0 Å². The Labute approximate surface area is 134 Å². The van der Waals surface area contributed by atoms with Gasteiger partial charge in [-0.25, -0.2) is 13.1 Å². The molecule has 2 heterocycles. The van der Waals surface area contributed by atoms with E-state index in [1.54, 1.807) is 30.5 Å². The molecule has 7 heteroatoms. The number of ether oxygens (including phenoxy) is 1. The van der Waals surface area contributed by atoms with Gasteiger partial charge in [-0.3, -0.25) is 9.78 Å². The van der Waals surface area contributed by atoms with E-state index in [-0.39, 0.29) is 17.4 Å². The summed E-state index contributed by atoms with van der Waals surface area (Å²) in [6.45, 7) is 0.716. The fraction of sp³-hybridized carbons (Fsp3) is 0.375. The normalized spacial score (nSPS) is 18.2. The van der Waals surface area contributed by atoms with Crippen LogP contribution in [0.15, 0.2) is 41.4 Å². The van der Waals surface area contributed by atoms with Gasteiger partial charge in [-0.15, -0.1) is 0 Å². The van der Waals surface area contributed by atoms with Crippen LogP contribution in [0.3, 0.4) is 0 Å². The highest BCUT2D eigenvalue weighted by Gasteiger charge is 2.22. The molecule has 23 heavy (non-hydrogen) atoms. The van der Waals surface area contributed by atoms with E-state index in [1.165, 1.54) is 6.07 Å². The molecule has 3 rings (SSSR count). The predicted molar refractivity (Wildman–Crippen MR) is 85.3 cm³/mol. The topological polar surface area (TPSA) is 85.4 Å². The molecule has 122 valence electrons. The van der Waals surface area contributed by atoms with Crippen LogP contribution in [0.25, 0.3) is 10.9 Å². The lowest BCUT2D eigenvalue weighted by Crippen LogP contribution is -2.31. The van der Waals surface area contributed by atoms with Crippen molar-refractivity contribution in [1.82, 2.24) is 9.71 Å². The Kier molecular flexibility index (Phi) is 4.58. The number of pyridine rings is 1. The van der Waals surface area contributed by atoms with Crippen molar-refractivity contribution < 1.29 is 17.9 Å². The van der Waals surface area contributed by atoms with Crippen molar-refractivity contribution >= 4 is 26.8 Å². The van der Waals surface area contributed by atoms with Crippen LogP contribution < -0.4 is 4.72 Å². The zero-order valence-electron chi connectivity index (χ0n) is 12.6. The van der Waals surface area contributed by atoms with E-state index >= 15 is 0 Å². The molecule has 0 unspecified atom stereocenters. The summed E-state index contributed by atoms with van der Waals surface area (Å²) in [6.07, 6.45) is 4.25. The Morgan fingerprint density at radius 2 is 2.17 bits per heavy atom. The van der Waals surface area contributed by atoms with Crippen LogP contribution in [0, 0.1) is 0 Å². The summed E-state index contributed by atoms with van der Waals surface area (Å²) in [4.78, 5) is 16.2. The number of nitrogens with zero attached hydrogens (tertiary/aromatic N) is 1. The van der Waals surface area contributed by atoms with E-state index in [0.717, 1.165) is 12.8 Å². The maximum Gasteiger partial charge on any atom is 0.264 e. The molecule has 1 aliphatic heterocycles. The van der Waals surface area contributed by atoms with Crippen molar-refractivity contribution in [2.45, 2.75) is 36.7 Å². The molecule has 0 saturated carbocycles. The molecular weight excluding hydrogens is 316 g/mol. The summed E-state index contributed by atoms with van der Waals surface area (Å²) in [5, 5.41) is 0.495. The summed E-state index contributed by atoms with van der Waals surface area (Å²) in [5.74, 6) is -0.513. The molecule has 1 N–H and O–H groups in total. The molecule has 1 atom stereocenters. The summed E-state index contributed by atoms with van der Waals surface area (Å²) < 4.78 is 32.5. The van der Waals surface area contributed by atoms with Gasteiger partial charge in [0.15, 0.2) is 0 Å². The van der Waals surface area contributed by atoms with Crippen molar-refractivity contribution in [2.75, 3.05) is 6.61 Å². The Morgan fingerprint density at radius 3 is 2.96 bits per heavy atom. The minimum absolute atomic E-state index is 0.0604. The van der Waals surface area contributed by atoms with Gasteiger partial charge in [-0.05, 0) is 43.5 Å². The van der Waals surface area contributed by atoms with Crippen LogP contribution in [-0.2, 0) is 19.6 Å². The second-order valence-corrected chi connectivity index (χ2v) is 7.18. The van der Waals surface area contributed by atoms with Gasteiger partial charge in [-0.2, -0.15) is 0 Å². The zero-order valence-corrected chi connectivity index (χ0v) is 13.4. The minimum atomic E-state index is -3.91. The van der Waals surface area contributed by atoms with Crippen molar-refractivity contribution in [3.63, 3.8) is 0 Å². The van der Waals surface area contributed by atoms with Gasteiger partial charge in [0.2, 0.25) is 5.91 Å². The fourth-order valence-electron chi connectivity index (χ4n) is 2.73. The van der Waals surface area contributed by atoms with Crippen LogP contribution in [-0.4, -0.2) is 32.0 Å². The van der Waals surface area contributed by atoms with E-state index in [1.807, 2.05) is 0 Å². The first-order valence-electron chi connectivity index (χ1n) is 7.57. The first-order chi connectivity index (χ1) is 11.1. The summed E-state index contributed by atoms with van der Waals surface area (Å²) in [6, 6.07) is 8.16. The Hall–Kier alpha value is -1.99. The number of carbonyl (C=O) groups excluding carboxylic acids is 1. The first-order valence-corrected chi connectivity index (χ1v) is 9.05. The lowest BCUT2D eigenvalue weighted by Gasteiger charge is -2.11. The third-order valence-electron chi connectivity index (χ3n) is 3.86. The van der Waals surface area contributed by atoms with Crippen molar-refractivity contribution in [3.05, 3.63) is 36.5 Å². The largest absolute Gasteiger partial charge is 0.378 e. The Balaban J connectivity index is 1.74. The highest BCUT2D eigenvalue weighted by molar-refractivity contribution is 7.90. The first kappa shape index (κ1) is 15.9. The lowest BCUT2D eigenvalue weighted by molar-refractivity contribution is -0.119. The molecule has 0 aliphatic carbocycles. The number of hydrogen-bond donors (Lipinski definition) is 1. The third-order valence-corrected chi connectivity index (χ3v) is 5.29. The van der Waals surface area contributed by atoms with Crippen LogP contribution in [0.5, 0.6) is 0 Å². The number of sulfonamides is 1. The highest BCUT2D eigenvalue weighted by atomic mass is 32.2.